The van der Waals surface area contributed by atoms with E-state index in [0.29, 0.717) is 12.2 Å². The molecular formula is C11H14ClFINO2. The lowest BCUT2D eigenvalue weighted by Crippen LogP contribution is -2.18. The van der Waals surface area contributed by atoms with Gasteiger partial charge in [0.2, 0.25) is 0 Å². The quantitative estimate of drug-likeness (QED) is 0.652. The fourth-order valence-corrected chi connectivity index (χ4v) is 1.82. The minimum absolute atomic E-state index is 0. The van der Waals surface area contributed by atoms with Crippen LogP contribution in [0.4, 0.5) is 4.39 Å². The lowest BCUT2D eigenvalue weighted by Gasteiger charge is -2.12. The van der Waals surface area contributed by atoms with Crippen molar-refractivity contribution in [1.29, 1.82) is 0 Å². The van der Waals surface area contributed by atoms with E-state index in [1.807, 2.05) is 0 Å². The van der Waals surface area contributed by atoms with Crippen molar-refractivity contribution < 1.29 is 13.9 Å². The maximum absolute atomic E-state index is 13.4. The number of ether oxygens (including phenoxy) is 1. The second-order valence-electron chi connectivity index (χ2n) is 3.28. The molecule has 0 amide bonds. The molecule has 1 atom stereocenters. The molecule has 1 rings (SSSR count). The van der Waals surface area contributed by atoms with Gasteiger partial charge in [0.1, 0.15) is 5.82 Å². The summed E-state index contributed by atoms with van der Waals surface area (Å²) in [5.41, 5.74) is 6.10. The first kappa shape index (κ1) is 16.6. The Labute approximate surface area is 119 Å². The molecule has 0 aliphatic heterocycles. The summed E-state index contributed by atoms with van der Waals surface area (Å²) in [6, 6.07) is 3.98. The number of carbonyl (C=O) groups is 1. The van der Waals surface area contributed by atoms with Gasteiger partial charge in [-0.05, 0) is 47.7 Å². The van der Waals surface area contributed by atoms with Gasteiger partial charge in [0.05, 0.1) is 13.0 Å². The third-order valence-corrected chi connectivity index (χ3v) is 2.72. The Bertz CT molecular complexity index is 390. The van der Waals surface area contributed by atoms with E-state index in [1.54, 1.807) is 19.1 Å². The van der Waals surface area contributed by atoms with Crippen molar-refractivity contribution in [3.05, 3.63) is 33.1 Å². The first-order valence-corrected chi connectivity index (χ1v) is 5.98. The molecule has 0 spiro atoms. The van der Waals surface area contributed by atoms with E-state index in [1.165, 1.54) is 6.07 Å². The minimum atomic E-state index is -0.659. The summed E-state index contributed by atoms with van der Waals surface area (Å²) in [5.74, 6) is -0.800. The molecule has 0 saturated heterocycles. The Morgan fingerprint density at radius 2 is 2.24 bits per heavy atom. The molecule has 0 bridgehead atoms. The Balaban J connectivity index is 0.00000256. The summed E-state index contributed by atoms with van der Waals surface area (Å²) in [7, 11) is 0. The summed E-state index contributed by atoms with van der Waals surface area (Å²) >= 11 is 2.07. The van der Waals surface area contributed by atoms with Crippen molar-refractivity contribution in [2.75, 3.05) is 6.61 Å². The molecule has 0 aliphatic rings. The van der Waals surface area contributed by atoms with E-state index in [9.17, 15) is 9.18 Å². The number of esters is 1. The van der Waals surface area contributed by atoms with Crippen LogP contribution in [0.25, 0.3) is 0 Å². The molecule has 0 aliphatic carbocycles. The third kappa shape index (κ3) is 5.18. The van der Waals surface area contributed by atoms with E-state index in [4.69, 9.17) is 10.5 Å². The Hall–Kier alpha value is -0.400. The molecule has 2 N–H and O–H groups in total. The van der Waals surface area contributed by atoms with E-state index < -0.39 is 17.8 Å². The predicted molar refractivity (Wildman–Crippen MR) is 74.5 cm³/mol. The number of benzene rings is 1. The summed E-state index contributed by atoms with van der Waals surface area (Å²) in [6.07, 6.45) is -0.00907. The van der Waals surface area contributed by atoms with Gasteiger partial charge in [-0.15, -0.1) is 12.4 Å². The van der Waals surface area contributed by atoms with Crippen LogP contribution in [0.15, 0.2) is 18.2 Å². The molecule has 96 valence electrons. The molecule has 0 radical (unpaired) electrons. The maximum atomic E-state index is 13.4. The van der Waals surface area contributed by atoms with Crippen molar-refractivity contribution in [2.45, 2.75) is 19.4 Å². The normalized spacial score (nSPS) is 11.5. The molecule has 3 nitrogen and oxygen atoms in total. The Kier molecular flexibility index (Phi) is 7.65. The molecule has 0 fully saturated rings. The monoisotopic (exact) mass is 373 g/mol. The van der Waals surface area contributed by atoms with Crippen molar-refractivity contribution in [1.82, 2.24) is 0 Å². The summed E-state index contributed by atoms with van der Waals surface area (Å²) in [5, 5.41) is 0. The van der Waals surface area contributed by atoms with Crippen LogP contribution < -0.4 is 5.73 Å². The van der Waals surface area contributed by atoms with Crippen molar-refractivity contribution in [3.8, 4) is 0 Å². The molecule has 1 aromatic carbocycles. The number of hydrogen-bond donors (Lipinski definition) is 1. The van der Waals surface area contributed by atoms with Gasteiger partial charge >= 0.3 is 5.97 Å². The van der Waals surface area contributed by atoms with E-state index in [2.05, 4.69) is 22.6 Å². The van der Waals surface area contributed by atoms with Crippen LogP contribution in [-0.4, -0.2) is 12.6 Å². The average Bonchev–Trinajstić information content (AvgIpc) is 2.21. The highest BCUT2D eigenvalue weighted by molar-refractivity contribution is 14.1. The first-order chi connectivity index (χ1) is 7.54. The topological polar surface area (TPSA) is 52.3 Å². The Morgan fingerprint density at radius 1 is 1.59 bits per heavy atom. The molecule has 0 unspecified atom stereocenters. The molecule has 0 aromatic heterocycles. The van der Waals surface area contributed by atoms with Crippen LogP contribution in [0.3, 0.4) is 0 Å². The number of rotatable bonds is 4. The standard InChI is InChI=1S/C11H13FINO2.ClH/c1-2-16-11(15)6-10(14)8-5-7(13)3-4-9(8)12;/h3-5,10H,2,6,14H2,1H3;1H/t10-;/m1./s1. The molecule has 0 saturated carbocycles. The number of carbonyl (C=O) groups excluding carboxylic acids is 1. The summed E-state index contributed by atoms with van der Waals surface area (Å²) in [6.45, 7) is 2.02. The smallest absolute Gasteiger partial charge is 0.307 e. The molecule has 17 heavy (non-hydrogen) atoms. The van der Waals surface area contributed by atoms with Crippen LogP contribution in [-0.2, 0) is 9.53 Å². The third-order valence-electron chi connectivity index (χ3n) is 2.05. The van der Waals surface area contributed by atoms with Gasteiger partial charge in [0.25, 0.3) is 0 Å². The zero-order chi connectivity index (χ0) is 12.1. The van der Waals surface area contributed by atoms with Gasteiger partial charge in [0.15, 0.2) is 0 Å². The summed E-state index contributed by atoms with van der Waals surface area (Å²) < 4.78 is 19.1. The average molecular weight is 374 g/mol. The van der Waals surface area contributed by atoms with Crippen molar-refractivity contribution >= 4 is 41.0 Å². The molecular weight excluding hydrogens is 359 g/mol. The highest BCUT2D eigenvalue weighted by Crippen LogP contribution is 2.20. The van der Waals surface area contributed by atoms with Crippen molar-refractivity contribution in [3.63, 3.8) is 0 Å². The van der Waals surface area contributed by atoms with E-state index >= 15 is 0 Å². The Morgan fingerprint density at radius 3 is 2.82 bits per heavy atom. The van der Waals surface area contributed by atoms with Gasteiger partial charge < -0.3 is 10.5 Å². The van der Waals surface area contributed by atoms with Gasteiger partial charge in [0, 0.05) is 15.2 Å². The second kappa shape index (κ2) is 7.84. The zero-order valence-corrected chi connectivity index (χ0v) is 12.3. The predicted octanol–water partition coefficient (Wildman–Crippen LogP) is 2.81. The molecule has 6 heteroatoms. The maximum Gasteiger partial charge on any atom is 0.307 e. The second-order valence-corrected chi connectivity index (χ2v) is 4.53. The van der Waals surface area contributed by atoms with Gasteiger partial charge in [-0.3, -0.25) is 4.79 Å². The zero-order valence-electron chi connectivity index (χ0n) is 9.28. The van der Waals surface area contributed by atoms with Crippen LogP contribution in [0.1, 0.15) is 24.9 Å². The summed E-state index contributed by atoms with van der Waals surface area (Å²) in [4.78, 5) is 11.2. The van der Waals surface area contributed by atoms with E-state index in [-0.39, 0.29) is 18.8 Å². The highest BCUT2D eigenvalue weighted by atomic mass is 127. The van der Waals surface area contributed by atoms with Gasteiger partial charge in [-0.1, -0.05) is 0 Å². The number of nitrogens with two attached hydrogens (primary N) is 1. The first-order valence-electron chi connectivity index (χ1n) is 4.90. The van der Waals surface area contributed by atoms with Crippen LogP contribution >= 0.6 is 35.0 Å². The molecule has 1 aromatic rings. The van der Waals surface area contributed by atoms with E-state index in [0.717, 1.165) is 3.57 Å². The lowest BCUT2D eigenvalue weighted by atomic mass is 10.0. The van der Waals surface area contributed by atoms with Crippen LogP contribution in [0, 0.1) is 9.39 Å². The largest absolute Gasteiger partial charge is 0.466 e. The van der Waals surface area contributed by atoms with Gasteiger partial charge in [-0.25, -0.2) is 4.39 Å². The number of halogens is 3. The van der Waals surface area contributed by atoms with Crippen LogP contribution in [0.5, 0.6) is 0 Å². The highest BCUT2D eigenvalue weighted by Gasteiger charge is 2.16. The number of hydrogen-bond acceptors (Lipinski definition) is 3. The fourth-order valence-electron chi connectivity index (χ4n) is 1.31. The minimum Gasteiger partial charge on any atom is -0.466 e. The van der Waals surface area contributed by atoms with Crippen LogP contribution in [0.2, 0.25) is 0 Å². The molecule has 0 heterocycles. The van der Waals surface area contributed by atoms with Crippen molar-refractivity contribution in [2.24, 2.45) is 5.73 Å². The SMILES string of the molecule is CCOC(=O)C[C@@H](N)c1cc(I)ccc1F.Cl. The lowest BCUT2D eigenvalue weighted by molar-refractivity contribution is -0.143. The van der Waals surface area contributed by atoms with Gasteiger partial charge in [-0.2, -0.15) is 0 Å². The fraction of sp³-hybridized carbons (Fsp3) is 0.364.